The number of ether oxygens (including phenoxy) is 2. The third kappa shape index (κ3) is 3.99. The smallest absolute Gasteiger partial charge is 0.118 e. The highest BCUT2D eigenvalue weighted by Gasteiger charge is 2.03. The lowest BCUT2D eigenvalue weighted by molar-refractivity contribution is 0.414. The maximum atomic E-state index is 5.18. The van der Waals surface area contributed by atoms with E-state index in [0.717, 1.165) is 17.1 Å². The highest BCUT2D eigenvalue weighted by atomic mass is 16.5. The monoisotopic (exact) mass is 280 g/mol. The molecule has 0 aliphatic heterocycles. The van der Waals surface area contributed by atoms with Crippen LogP contribution in [-0.4, -0.2) is 14.2 Å². The Kier molecular flexibility index (Phi) is 5.22. The van der Waals surface area contributed by atoms with Crippen molar-refractivity contribution in [3.8, 4) is 11.5 Å². The van der Waals surface area contributed by atoms with Crippen molar-refractivity contribution in [2.75, 3.05) is 14.2 Å². The van der Waals surface area contributed by atoms with Crippen molar-refractivity contribution in [3.63, 3.8) is 0 Å². The molecule has 0 aliphatic rings. The molecule has 0 heterocycles. The van der Waals surface area contributed by atoms with Crippen LogP contribution in [0, 0.1) is 0 Å². The van der Waals surface area contributed by atoms with Gasteiger partial charge in [-0.2, -0.15) is 0 Å². The number of allylic oxidation sites excluding steroid dienone is 2. The fourth-order valence-electron chi connectivity index (χ4n) is 2.08. The third-order valence-electron chi connectivity index (χ3n) is 3.37. The number of hydrogen-bond acceptors (Lipinski definition) is 2. The molecule has 0 unspecified atom stereocenters. The molecule has 0 bridgehead atoms. The van der Waals surface area contributed by atoms with Gasteiger partial charge in [-0.25, -0.2) is 0 Å². The van der Waals surface area contributed by atoms with Crippen LogP contribution >= 0.6 is 0 Å². The van der Waals surface area contributed by atoms with Crippen LogP contribution in [0.15, 0.2) is 67.3 Å². The van der Waals surface area contributed by atoms with Crippen LogP contribution < -0.4 is 9.47 Å². The van der Waals surface area contributed by atoms with Crippen molar-refractivity contribution >= 4 is 6.08 Å². The third-order valence-corrected chi connectivity index (χ3v) is 3.37. The van der Waals surface area contributed by atoms with Gasteiger partial charge in [0.05, 0.1) is 14.2 Å². The summed E-state index contributed by atoms with van der Waals surface area (Å²) in [5.41, 5.74) is 2.33. The largest absolute Gasteiger partial charge is 0.497 e. The second-order valence-corrected chi connectivity index (χ2v) is 4.67. The Balaban J connectivity index is 2.12. The Labute approximate surface area is 126 Å². The molecule has 0 radical (unpaired) electrons. The van der Waals surface area contributed by atoms with Crippen molar-refractivity contribution in [3.05, 3.63) is 78.4 Å². The summed E-state index contributed by atoms with van der Waals surface area (Å²) in [4.78, 5) is 0. The molecule has 0 amide bonds. The van der Waals surface area contributed by atoms with Crippen LogP contribution in [0.5, 0.6) is 11.5 Å². The van der Waals surface area contributed by atoms with E-state index in [1.807, 2.05) is 42.5 Å². The van der Waals surface area contributed by atoms with Crippen molar-refractivity contribution in [2.24, 2.45) is 0 Å². The summed E-state index contributed by atoms with van der Waals surface area (Å²) >= 11 is 0. The fourth-order valence-corrected chi connectivity index (χ4v) is 2.08. The van der Waals surface area contributed by atoms with Gasteiger partial charge in [-0.05, 0) is 35.4 Å². The Morgan fingerprint density at radius 1 is 0.857 bits per heavy atom. The first kappa shape index (κ1) is 14.9. The van der Waals surface area contributed by atoms with Crippen LogP contribution in [0.1, 0.15) is 17.0 Å². The average Bonchev–Trinajstić information content (AvgIpc) is 2.56. The Bertz CT molecular complexity index is 594. The lowest BCUT2D eigenvalue weighted by Crippen LogP contribution is -1.91. The van der Waals surface area contributed by atoms with Gasteiger partial charge in [-0.3, -0.25) is 0 Å². The highest BCUT2D eigenvalue weighted by molar-refractivity contribution is 5.53. The predicted molar refractivity (Wildman–Crippen MR) is 88.0 cm³/mol. The zero-order chi connectivity index (χ0) is 15.1. The summed E-state index contributed by atoms with van der Waals surface area (Å²) in [5, 5.41) is 0. The second kappa shape index (κ2) is 7.34. The van der Waals surface area contributed by atoms with Crippen molar-refractivity contribution in [1.29, 1.82) is 0 Å². The summed E-state index contributed by atoms with van der Waals surface area (Å²) in [5.74, 6) is 1.90. The average molecular weight is 280 g/mol. The number of rotatable bonds is 6. The summed E-state index contributed by atoms with van der Waals surface area (Å²) in [6.45, 7) is 3.92. The van der Waals surface area contributed by atoms with E-state index in [1.54, 1.807) is 14.2 Å². The van der Waals surface area contributed by atoms with Gasteiger partial charge in [0.1, 0.15) is 11.5 Å². The molecule has 2 rings (SSSR count). The van der Waals surface area contributed by atoms with Crippen molar-refractivity contribution in [2.45, 2.75) is 5.92 Å². The van der Waals surface area contributed by atoms with Gasteiger partial charge >= 0.3 is 0 Å². The van der Waals surface area contributed by atoms with E-state index in [-0.39, 0.29) is 5.92 Å². The molecular formula is C19H20O2. The lowest BCUT2D eigenvalue weighted by atomic mass is 9.98. The summed E-state index contributed by atoms with van der Waals surface area (Å²) < 4.78 is 10.3. The van der Waals surface area contributed by atoms with E-state index < -0.39 is 0 Å². The normalized spacial score (nSPS) is 12.1. The summed E-state index contributed by atoms with van der Waals surface area (Å²) in [6.07, 6.45) is 6.16. The fraction of sp³-hybridized carbons (Fsp3) is 0.158. The van der Waals surface area contributed by atoms with Crippen molar-refractivity contribution in [1.82, 2.24) is 0 Å². The molecule has 2 aromatic rings. The Hall–Kier alpha value is -2.48. The lowest BCUT2D eigenvalue weighted by Gasteiger charge is -2.09. The predicted octanol–water partition coefficient (Wildman–Crippen LogP) is 4.69. The molecule has 0 N–H and O–H groups in total. The SMILES string of the molecule is C=C[C@@H](C=Cc1ccc(OC)cc1)c1ccc(OC)cc1. The van der Waals surface area contributed by atoms with Crippen LogP contribution in [-0.2, 0) is 0 Å². The molecule has 2 heteroatoms. The standard InChI is InChI=1S/C19H20O2/c1-4-16(17-9-13-19(21-3)14-10-17)8-5-15-6-11-18(20-2)12-7-15/h4-14,16H,1H2,2-3H3/t16-/m0/s1. The van der Waals surface area contributed by atoms with Gasteiger partial charge in [0, 0.05) is 5.92 Å². The number of hydrogen-bond donors (Lipinski definition) is 0. The Morgan fingerprint density at radius 2 is 1.38 bits per heavy atom. The highest BCUT2D eigenvalue weighted by Crippen LogP contribution is 2.23. The minimum absolute atomic E-state index is 0.179. The van der Waals surface area contributed by atoms with Gasteiger partial charge in [-0.1, -0.05) is 42.5 Å². The topological polar surface area (TPSA) is 18.5 Å². The van der Waals surface area contributed by atoms with Gasteiger partial charge < -0.3 is 9.47 Å². The van der Waals surface area contributed by atoms with Crippen LogP contribution in [0.3, 0.4) is 0 Å². The van der Waals surface area contributed by atoms with Gasteiger partial charge in [0.25, 0.3) is 0 Å². The van der Waals surface area contributed by atoms with E-state index in [0.29, 0.717) is 0 Å². The molecule has 0 saturated heterocycles. The van der Waals surface area contributed by atoms with E-state index in [1.165, 1.54) is 5.56 Å². The van der Waals surface area contributed by atoms with Gasteiger partial charge in [0.2, 0.25) is 0 Å². The molecule has 108 valence electrons. The minimum atomic E-state index is 0.179. The molecule has 0 aromatic heterocycles. The molecular weight excluding hydrogens is 260 g/mol. The maximum absolute atomic E-state index is 5.18. The zero-order valence-corrected chi connectivity index (χ0v) is 12.5. The first-order chi connectivity index (χ1) is 10.3. The minimum Gasteiger partial charge on any atom is -0.497 e. The van der Waals surface area contributed by atoms with Crippen molar-refractivity contribution < 1.29 is 9.47 Å². The van der Waals surface area contributed by atoms with Crippen LogP contribution in [0.4, 0.5) is 0 Å². The maximum Gasteiger partial charge on any atom is 0.118 e. The van der Waals surface area contributed by atoms with Crippen LogP contribution in [0.25, 0.3) is 6.08 Å². The molecule has 1 atom stereocenters. The van der Waals surface area contributed by atoms with E-state index in [9.17, 15) is 0 Å². The number of benzene rings is 2. The molecule has 0 saturated carbocycles. The summed E-state index contributed by atoms with van der Waals surface area (Å²) in [6, 6.07) is 16.0. The second-order valence-electron chi connectivity index (χ2n) is 4.67. The van der Waals surface area contributed by atoms with Crippen LogP contribution in [0.2, 0.25) is 0 Å². The van der Waals surface area contributed by atoms with E-state index >= 15 is 0 Å². The van der Waals surface area contributed by atoms with E-state index in [2.05, 4.69) is 30.9 Å². The van der Waals surface area contributed by atoms with Gasteiger partial charge in [0.15, 0.2) is 0 Å². The molecule has 0 spiro atoms. The molecule has 2 nitrogen and oxygen atoms in total. The van der Waals surface area contributed by atoms with Gasteiger partial charge in [-0.15, -0.1) is 6.58 Å². The molecule has 21 heavy (non-hydrogen) atoms. The first-order valence-corrected chi connectivity index (χ1v) is 6.85. The molecule has 2 aromatic carbocycles. The number of methoxy groups -OCH3 is 2. The zero-order valence-electron chi connectivity index (χ0n) is 12.5. The Morgan fingerprint density at radius 3 is 1.86 bits per heavy atom. The molecule has 0 fully saturated rings. The first-order valence-electron chi connectivity index (χ1n) is 6.85. The molecule has 0 aliphatic carbocycles. The summed E-state index contributed by atoms with van der Waals surface area (Å²) in [7, 11) is 3.34. The van der Waals surface area contributed by atoms with E-state index in [4.69, 9.17) is 9.47 Å². The quantitative estimate of drug-likeness (QED) is 0.715.